The third kappa shape index (κ3) is 3.44. The number of thiazole rings is 2. The van der Waals surface area contributed by atoms with Crippen LogP contribution in [-0.2, 0) is 0 Å². The number of hydrazone groups is 1. The van der Waals surface area contributed by atoms with Gasteiger partial charge in [-0.25, -0.2) is 9.97 Å². The molecule has 0 aliphatic heterocycles. The Bertz CT molecular complexity index is 1160. The first-order chi connectivity index (χ1) is 13.8. The van der Waals surface area contributed by atoms with Crippen LogP contribution in [-0.4, -0.2) is 15.7 Å². The van der Waals surface area contributed by atoms with E-state index in [0.29, 0.717) is 0 Å². The molecule has 0 fully saturated rings. The van der Waals surface area contributed by atoms with Crippen LogP contribution in [0.15, 0.2) is 82.4 Å². The van der Waals surface area contributed by atoms with Crippen LogP contribution in [0.5, 0.6) is 0 Å². The van der Waals surface area contributed by atoms with E-state index in [0.717, 1.165) is 46.3 Å². The number of hydrogen-bond donors (Lipinski definition) is 1. The van der Waals surface area contributed by atoms with Crippen LogP contribution in [0.4, 0.5) is 5.69 Å². The van der Waals surface area contributed by atoms with Gasteiger partial charge in [0, 0.05) is 4.47 Å². The van der Waals surface area contributed by atoms with Gasteiger partial charge in [-0.05, 0) is 48.5 Å². The zero-order valence-electron chi connectivity index (χ0n) is 14.5. The Morgan fingerprint density at radius 3 is 1.82 bits per heavy atom. The first kappa shape index (κ1) is 17.5. The normalized spacial score (nSPS) is 11.0. The maximum Gasteiger partial charge on any atom is 0.155 e. The van der Waals surface area contributed by atoms with E-state index < -0.39 is 0 Å². The molecule has 0 spiro atoms. The van der Waals surface area contributed by atoms with Gasteiger partial charge in [0.2, 0.25) is 0 Å². The monoisotopic (exact) mass is 464 g/mol. The molecule has 0 aliphatic carbocycles. The second kappa shape index (κ2) is 7.43. The zero-order chi connectivity index (χ0) is 18.9. The largest absolute Gasteiger partial charge is 0.278 e. The number of rotatable bonds is 4. The Labute approximate surface area is 177 Å². The second-order valence-electron chi connectivity index (χ2n) is 6.05. The number of benzene rings is 3. The molecule has 2 aromatic heterocycles. The van der Waals surface area contributed by atoms with Crippen molar-refractivity contribution in [1.29, 1.82) is 0 Å². The Balaban J connectivity index is 1.62. The molecule has 4 nitrogen and oxygen atoms in total. The molecule has 136 valence electrons. The van der Waals surface area contributed by atoms with Crippen molar-refractivity contribution < 1.29 is 0 Å². The molecule has 0 saturated carbocycles. The maximum atomic E-state index is 4.79. The van der Waals surface area contributed by atoms with Crippen molar-refractivity contribution in [2.24, 2.45) is 5.10 Å². The molecule has 0 bridgehead atoms. The number of hydrogen-bond acceptors (Lipinski definition) is 6. The lowest BCUT2D eigenvalue weighted by Crippen LogP contribution is -2.06. The Morgan fingerprint density at radius 1 is 0.750 bits per heavy atom. The Kier molecular flexibility index (Phi) is 4.64. The van der Waals surface area contributed by atoms with Crippen LogP contribution in [0.3, 0.4) is 0 Å². The quantitative estimate of drug-likeness (QED) is 0.242. The highest BCUT2D eigenvalue weighted by molar-refractivity contribution is 9.10. The minimum absolute atomic E-state index is 0.755. The standard InChI is InChI=1S/C21H13BrN4S2/c22-13-9-11-14(12-10-13)25-26-19(20-23-15-5-1-3-7-17(15)27-20)21-24-16-6-2-4-8-18(16)28-21/h1-12,25H. The van der Waals surface area contributed by atoms with Crippen molar-refractivity contribution in [2.45, 2.75) is 0 Å². The van der Waals surface area contributed by atoms with Crippen LogP contribution in [0.25, 0.3) is 20.4 Å². The van der Waals surface area contributed by atoms with Crippen molar-refractivity contribution in [1.82, 2.24) is 9.97 Å². The van der Waals surface area contributed by atoms with E-state index in [9.17, 15) is 0 Å². The highest BCUT2D eigenvalue weighted by Crippen LogP contribution is 2.28. The average molecular weight is 465 g/mol. The van der Waals surface area contributed by atoms with Gasteiger partial charge in [0.15, 0.2) is 5.71 Å². The maximum absolute atomic E-state index is 4.79. The minimum Gasteiger partial charge on any atom is -0.278 e. The number of fused-ring (bicyclic) bond motifs is 2. The van der Waals surface area contributed by atoms with Gasteiger partial charge in [-0.2, -0.15) is 5.10 Å². The molecule has 0 aliphatic rings. The van der Waals surface area contributed by atoms with Gasteiger partial charge < -0.3 is 0 Å². The molecule has 0 amide bonds. The zero-order valence-corrected chi connectivity index (χ0v) is 17.7. The summed E-state index contributed by atoms with van der Waals surface area (Å²) in [5.41, 5.74) is 6.76. The first-order valence-corrected chi connectivity index (χ1v) is 11.0. The van der Waals surface area contributed by atoms with Crippen LogP contribution < -0.4 is 5.43 Å². The number of aromatic nitrogens is 2. The van der Waals surface area contributed by atoms with Gasteiger partial charge in [0.25, 0.3) is 0 Å². The van der Waals surface area contributed by atoms with Crippen LogP contribution in [0.2, 0.25) is 0 Å². The summed E-state index contributed by atoms with van der Waals surface area (Å²) in [4.78, 5) is 9.59. The molecule has 28 heavy (non-hydrogen) atoms. The summed E-state index contributed by atoms with van der Waals surface area (Å²) in [7, 11) is 0. The fourth-order valence-electron chi connectivity index (χ4n) is 2.78. The minimum atomic E-state index is 0.755. The SMILES string of the molecule is Brc1ccc(NN=C(c2nc3ccccc3s2)c2nc3ccccc3s2)cc1. The van der Waals surface area contributed by atoms with Gasteiger partial charge in [-0.3, -0.25) is 5.43 Å². The first-order valence-electron chi connectivity index (χ1n) is 8.57. The summed E-state index contributed by atoms with van der Waals surface area (Å²) in [6, 6.07) is 24.2. The second-order valence-corrected chi connectivity index (χ2v) is 9.03. The molecule has 3 aromatic carbocycles. The molecule has 5 rings (SSSR count). The summed E-state index contributed by atoms with van der Waals surface area (Å²) in [6.45, 7) is 0. The molecule has 0 radical (unpaired) electrons. The lowest BCUT2D eigenvalue weighted by molar-refractivity contribution is 1.30. The molecule has 1 N–H and O–H groups in total. The van der Waals surface area contributed by atoms with E-state index in [2.05, 4.69) is 33.5 Å². The van der Waals surface area contributed by atoms with Gasteiger partial charge in [0.1, 0.15) is 10.0 Å². The number of para-hydroxylation sites is 2. The number of anilines is 1. The number of nitrogens with one attached hydrogen (secondary N) is 1. The molecule has 0 saturated heterocycles. The Morgan fingerprint density at radius 2 is 1.29 bits per heavy atom. The topological polar surface area (TPSA) is 50.2 Å². The third-order valence-electron chi connectivity index (χ3n) is 4.13. The van der Waals surface area contributed by atoms with Gasteiger partial charge in [-0.15, -0.1) is 22.7 Å². The smallest absolute Gasteiger partial charge is 0.155 e. The van der Waals surface area contributed by atoms with E-state index in [1.54, 1.807) is 22.7 Å². The van der Waals surface area contributed by atoms with Gasteiger partial charge in [0.05, 0.1) is 26.1 Å². The fourth-order valence-corrected chi connectivity index (χ4v) is 5.02. The van der Waals surface area contributed by atoms with E-state index >= 15 is 0 Å². The number of nitrogens with zero attached hydrogens (tertiary/aromatic N) is 3. The molecule has 5 aromatic rings. The van der Waals surface area contributed by atoms with E-state index in [1.807, 2.05) is 60.7 Å². The van der Waals surface area contributed by atoms with Crippen LogP contribution >= 0.6 is 38.6 Å². The number of halogens is 1. The summed E-state index contributed by atoms with van der Waals surface area (Å²) in [5.74, 6) is 0. The van der Waals surface area contributed by atoms with Crippen molar-refractivity contribution in [3.63, 3.8) is 0 Å². The molecule has 2 heterocycles. The summed E-state index contributed by atoms with van der Waals surface area (Å²) >= 11 is 6.71. The lowest BCUT2D eigenvalue weighted by Gasteiger charge is -2.03. The van der Waals surface area contributed by atoms with E-state index in [1.165, 1.54) is 0 Å². The van der Waals surface area contributed by atoms with Gasteiger partial charge >= 0.3 is 0 Å². The molecule has 0 unspecified atom stereocenters. The predicted molar refractivity (Wildman–Crippen MR) is 123 cm³/mol. The van der Waals surface area contributed by atoms with Crippen LogP contribution in [0, 0.1) is 0 Å². The molecule has 7 heteroatoms. The predicted octanol–water partition coefficient (Wildman–Crippen LogP) is 6.53. The summed E-state index contributed by atoms with van der Waals surface area (Å²) < 4.78 is 3.30. The van der Waals surface area contributed by atoms with E-state index in [-0.39, 0.29) is 0 Å². The summed E-state index contributed by atoms with van der Waals surface area (Å²) in [5, 5.41) is 6.41. The van der Waals surface area contributed by atoms with Crippen LogP contribution in [0.1, 0.15) is 10.0 Å². The highest BCUT2D eigenvalue weighted by atomic mass is 79.9. The molecular weight excluding hydrogens is 452 g/mol. The van der Waals surface area contributed by atoms with Crippen molar-refractivity contribution >= 4 is 70.4 Å². The molecular formula is C21H13BrN4S2. The summed E-state index contributed by atoms with van der Waals surface area (Å²) in [6.07, 6.45) is 0. The van der Waals surface area contributed by atoms with Gasteiger partial charge in [-0.1, -0.05) is 40.2 Å². The highest BCUT2D eigenvalue weighted by Gasteiger charge is 2.17. The van der Waals surface area contributed by atoms with E-state index in [4.69, 9.17) is 15.1 Å². The lowest BCUT2D eigenvalue weighted by atomic mass is 10.3. The Hall–Kier alpha value is -2.61. The third-order valence-corrected chi connectivity index (χ3v) is 6.75. The molecule has 0 atom stereocenters. The van der Waals surface area contributed by atoms with Crippen molar-refractivity contribution in [3.05, 3.63) is 87.3 Å². The fraction of sp³-hybridized carbons (Fsp3) is 0. The van der Waals surface area contributed by atoms with Crippen molar-refractivity contribution in [3.8, 4) is 0 Å². The average Bonchev–Trinajstić information content (AvgIpc) is 3.33. The van der Waals surface area contributed by atoms with Crippen molar-refractivity contribution in [2.75, 3.05) is 5.43 Å².